The van der Waals surface area contributed by atoms with E-state index in [2.05, 4.69) is 10.6 Å². The van der Waals surface area contributed by atoms with Crippen LogP contribution in [0.25, 0.3) is 0 Å². The lowest BCUT2D eigenvalue weighted by atomic mass is 9.79. The SMILES string of the molecule is O=C1C[C@H](c2cccc([N+](=O)[O-])c2)CC2=C1[C@@H](c1ccco1)Nc1ccccc1N2. The van der Waals surface area contributed by atoms with Crippen molar-refractivity contribution >= 4 is 22.8 Å². The summed E-state index contributed by atoms with van der Waals surface area (Å²) in [5, 5.41) is 18.1. The van der Waals surface area contributed by atoms with Crippen LogP contribution in [0.15, 0.2) is 82.6 Å². The van der Waals surface area contributed by atoms with E-state index in [1.807, 2.05) is 36.4 Å². The maximum atomic E-state index is 13.3. The molecule has 30 heavy (non-hydrogen) atoms. The highest BCUT2D eigenvalue weighted by Crippen LogP contribution is 2.44. The number of hydrogen-bond acceptors (Lipinski definition) is 6. The van der Waals surface area contributed by atoms with E-state index in [4.69, 9.17) is 4.42 Å². The van der Waals surface area contributed by atoms with E-state index in [0.29, 0.717) is 17.8 Å². The number of nitro groups is 1. The van der Waals surface area contributed by atoms with Crippen LogP contribution >= 0.6 is 0 Å². The lowest BCUT2D eigenvalue weighted by molar-refractivity contribution is -0.384. The van der Waals surface area contributed by atoms with Crippen LogP contribution in [0.2, 0.25) is 0 Å². The Morgan fingerprint density at radius 1 is 1.00 bits per heavy atom. The molecule has 2 heterocycles. The number of rotatable bonds is 3. The molecule has 2 N–H and O–H groups in total. The molecule has 3 aromatic rings. The summed E-state index contributed by atoms with van der Waals surface area (Å²) < 4.78 is 5.64. The van der Waals surface area contributed by atoms with Gasteiger partial charge in [0.05, 0.1) is 22.6 Å². The van der Waals surface area contributed by atoms with E-state index < -0.39 is 11.0 Å². The molecule has 0 radical (unpaired) electrons. The van der Waals surface area contributed by atoms with Gasteiger partial charge >= 0.3 is 0 Å². The number of Topliss-reactive ketones (excluding diaryl/α,β-unsaturated/α-hetero) is 1. The molecule has 2 atom stereocenters. The highest BCUT2D eigenvalue weighted by molar-refractivity contribution is 6.01. The minimum atomic E-state index is -0.407. The summed E-state index contributed by atoms with van der Waals surface area (Å²) in [5.41, 5.74) is 4.07. The first-order valence-corrected chi connectivity index (χ1v) is 9.77. The summed E-state index contributed by atoms with van der Waals surface area (Å²) in [6.45, 7) is 0. The van der Waals surface area contributed by atoms with Crippen molar-refractivity contribution in [1.82, 2.24) is 0 Å². The molecule has 0 saturated carbocycles. The molecule has 7 heteroatoms. The first-order valence-electron chi connectivity index (χ1n) is 9.77. The highest BCUT2D eigenvalue weighted by atomic mass is 16.6. The second-order valence-electron chi connectivity index (χ2n) is 7.54. The van der Waals surface area contributed by atoms with Crippen LogP contribution < -0.4 is 10.6 Å². The third-order valence-corrected chi connectivity index (χ3v) is 5.69. The van der Waals surface area contributed by atoms with Gasteiger partial charge in [0.15, 0.2) is 5.78 Å². The second kappa shape index (κ2) is 7.18. The van der Waals surface area contributed by atoms with E-state index in [-0.39, 0.29) is 23.8 Å². The van der Waals surface area contributed by atoms with Gasteiger partial charge in [0.1, 0.15) is 11.8 Å². The Labute approximate surface area is 172 Å². The Kier molecular flexibility index (Phi) is 4.35. The maximum absolute atomic E-state index is 13.3. The van der Waals surface area contributed by atoms with Gasteiger partial charge in [-0.3, -0.25) is 14.9 Å². The standard InChI is InChI=1S/C23H19N3O4/c27-20-13-15(14-5-3-6-16(11-14)26(28)29)12-19-22(20)23(21-9-4-10-30-21)25-18-8-2-1-7-17(18)24-19/h1-11,15,23-25H,12-13H2/t15-,23-/m1/s1. The number of carbonyl (C=O) groups is 1. The molecular formula is C23H19N3O4. The van der Waals surface area contributed by atoms with E-state index in [1.54, 1.807) is 24.5 Å². The number of nitro benzene ring substituents is 1. The predicted octanol–water partition coefficient (Wildman–Crippen LogP) is 5.17. The van der Waals surface area contributed by atoms with Gasteiger partial charge < -0.3 is 15.1 Å². The van der Waals surface area contributed by atoms with Crippen LogP contribution in [0.5, 0.6) is 0 Å². The Bertz CT molecular complexity index is 1170. The molecule has 0 spiro atoms. The number of para-hydroxylation sites is 2. The zero-order valence-corrected chi connectivity index (χ0v) is 16.0. The van der Waals surface area contributed by atoms with Gasteiger partial charge in [0.25, 0.3) is 5.69 Å². The van der Waals surface area contributed by atoms with Gasteiger partial charge in [-0.15, -0.1) is 0 Å². The van der Waals surface area contributed by atoms with Gasteiger partial charge in [-0.1, -0.05) is 24.3 Å². The summed E-state index contributed by atoms with van der Waals surface area (Å²) in [4.78, 5) is 24.1. The third-order valence-electron chi connectivity index (χ3n) is 5.69. The smallest absolute Gasteiger partial charge is 0.269 e. The molecule has 150 valence electrons. The quantitative estimate of drug-likeness (QED) is 0.464. The van der Waals surface area contributed by atoms with E-state index >= 15 is 0 Å². The van der Waals surface area contributed by atoms with E-state index in [0.717, 1.165) is 22.6 Å². The molecule has 0 fully saturated rings. The predicted molar refractivity (Wildman–Crippen MR) is 112 cm³/mol. The largest absolute Gasteiger partial charge is 0.467 e. The van der Waals surface area contributed by atoms with Crippen molar-refractivity contribution in [3.8, 4) is 0 Å². The van der Waals surface area contributed by atoms with Crippen LogP contribution in [-0.4, -0.2) is 10.7 Å². The second-order valence-corrected chi connectivity index (χ2v) is 7.54. The van der Waals surface area contributed by atoms with E-state index in [1.165, 1.54) is 6.07 Å². The number of ketones is 1. The first-order chi connectivity index (χ1) is 14.6. The van der Waals surface area contributed by atoms with Crippen molar-refractivity contribution in [3.63, 3.8) is 0 Å². The molecule has 2 aliphatic rings. The number of carbonyl (C=O) groups excluding carboxylic acids is 1. The van der Waals surface area contributed by atoms with Crippen LogP contribution in [0, 0.1) is 10.1 Å². The van der Waals surface area contributed by atoms with Crippen molar-refractivity contribution in [1.29, 1.82) is 0 Å². The lowest BCUT2D eigenvalue weighted by Gasteiger charge is -2.28. The van der Waals surface area contributed by atoms with Crippen molar-refractivity contribution in [2.24, 2.45) is 0 Å². The Balaban J connectivity index is 1.58. The zero-order chi connectivity index (χ0) is 20.7. The number of anilines is 2. The van der Waals surface area contributed by atoms with Crippen molar-refractivity contribution in [2.45, 2.75) is 24.8 Å². The Hall–Kier alpha value is -3.87. The molecule has 7 nitrogen and oxygen atoms in total. The Morgan fingerprint density at radius 2 is 1.83 bits per heavy atom. The summed E-state index contributed by atoms with van der Waals surface area (Å²) in [6, 6.07) is 17.6. The molecule has 1 aliphatic carbocycles. The fourth-order valence-corrected chi connectivity index (χ4v) is 4.29. The average Bonchev–Trinajstić information content (AvgIpc) is 3.22. The molecule has 0 bridgehead atoms. The molecule has 2 aromatic carbocycles. The molecule has 1 aliphatic heterocycles. The van der Waals surface area contributed by atoms with Crippen molar-refractivity contribution in [3.05, 3.63) is 99.6 Å². The number of nitrogens with one attached hydrogen (secondary N) is 2. The number of benzene rings is 2. The number of fused-ring (bicyclic) bond motifs is 1. The minimum Gasteiger partial charge on any atom is -0.467 e. The number of non-ortho nitro benzene ring substituents is 1. The van der Waals surface area contributed by atoms with Gasteiger partial charge in [0.2, 0.25) is 0 Å². The third kappa shape index (κ3) is 3.14. The van der Waals surface area contributed by atoms with Crippen LogP contribution in [0.4, 0.5) is 17.1 Å². The number of nitrogens with zero attached hydrogens (tertiary/aromatic N) is 1. The van der Waals surface area contributed by atoms with Crippen LogP contribution in [0.3, 0.4) is 0 Å². The molecule has 5 rings (SSSR count). The average molecular weight is 401 g/mol. The number of furan rings is 1. The fourth-order valence-electron chi connectivity index (χ4n) is 4.29. The van der Waals surface area contributed by atoms with Crippen LogP contribution in [-0.2, 0) is 4.79 Å². The molecule has 0 saturated heterocycles. The zero-order valence-electron chi connectivity index (χ0n) is 16.0. The maximum Gasteiger partial charge on any atom is 0.269 e. The topological polar surface area (TPSA) is 97.4 Å². The molecule has 1 aromatic heterocycles. The fraction of sp³-hybridized carbons (Fsp3) is 0.174. The summed E-state index contributed by atoms with van der Waals surface area (Å²) >= 11 is 0. The van der Waals surface area contributed by atoms with Crippen molar-refractivity contribution in [2.75, 3.05) is 10.6 Å². The summed E-state index contributed by atoms with van der Waals surface area (Å²) in [7, 11) is 0. The minimum absolute atomic E-state index is 0.00182. The van der Waals surface area contributed by atoms with Crippen LogP contribution in [0.1, 0.15) is 36.1 Å². The Morgan fingerprint density at radius 3 is 2.60 bits per heavy atom. The number of hydrogen-bond donors (Lipinski definition) is 2. The van der Waals surface area contributed by atoms with Gasteiger partial charge in [0, 0.05) is 29.8 Å². The monoisotopic (exact) mass is 401 g/mol. The van der Waals surface area contributed by atoms with Gasteiger partial charge in [-0.05, 0) is 42.2 Å². The normalized spacial score (nSPS) is 20.5. The molecule has 0 amide bonds. The van der Waals surface area contributed by atoms with Gasteiger partial charge in [-0.25, -0.2) is 0 Å². The summed E-state index contributed by atoms with van der Waals surface area (Å²) in [6.07, 6.45) is 2.47. The number of allylic oxidation sites excluding steroid dienone is 1. The first kappa shape index (κ1) is 18.2. The highest BCUT2D eigenvalue weighted by Gasteiger charge is 2.37. The summed E-state index contributed by atoms with van der Waals surface area (Å²) in [5.74, 6) is 0.538. The lowest BCUT2D eigenvalue weighted by Crippen LogP contribution is -2.26. The molecule has 0 unspecified atom stereocenters. The van der Waals surface area contributed by atoms with Gasteiger partial charge in [-0.2, -0.15) is 0 Å². The van der Waals surface area contributed by atoms with Crippen molar-refractivity contribution < 1.29 is 14.1 Å². The molecular weight excluding hydrogens is 382 g/mol. The van der Waals surface area contributed by atoms with E-state index in [9.17, 15) is 14.9 Å².